The summed E-state index contributed by atoms with van der Waals surface area (Å²) in [6, 6.07) is 12.4. The second kappa shape index (κ2) is 7.46. The van der Waals surface area contributed by atoms with Crippen LogP contribution < -0.4 is 0 Å². The van der Waals surface area contributed by atoms with Crippen LogP contribution in [0.3, 0.4) is 0 Å². The van der Waals surface area contributed by atoms with Gasteiger partial charge in [0, 0.05) is 18.6 Å². The summed E-state index contributed by atoms with van der Waals surface area (Å²) >= 11 is 6.29. The summed E-state index contributed by atoms with van der Waals surface area (Å²) < 4.78 is 0. The van der Waals surface area contributed by atoms with E-state index in [1.54, 1.807) is 0 Å². The van der Waals surface area contributed by atoms with E-state index in [2.05, 4.69) is 48.9 Å². The van der Waals surface area contributed by atoms with Crippen molar-refractivity contribution in [2.45, 2.75) is 27.2 Å². The lowest BCUT2D eigenvalue weighted by Gasteiger charge is -2.13. The Morgan fingerprint density at radius 2 is 1.86 bits per heavy atom. The van der Waals surface area contributed by atoms with Crippen LogP contribution in [0.1, 0.15) is 29.2 Å². The van der Waals surface area contributed by atoms with Crippen molar-refractivity contribution in [1.29, 1.82) is 0 Å². The standard InChI is InChI=1S/C19H23ClN2/c1-5-22(4)13-21-19-11-14(2)10-17(15(19)3)12-16-8-6-7-9-18(16)20/h6-11,13H,5,12H2,1-4H3. The number of halogens is 1. The van der Waals surface area contributed by atoms with Crippen molar-refractivity contribution in [3.8, 4) is 0 Å². The number of benzene rings is 2. The molecule has 0 amide bonds. The number of aryl methyl sites for hydroxylation is 1. The molecule has 0 saturated heterocycles. The summed E-state index contributed by atoms with van der Waals surface area (Å²) in [7, 11) is 2.03. The molecule has 2 aromatic carbocycles. The molecule has 0 aliphatic rings. The van der Waals surface area contributed by atoms with Gasteiger partial charge >= 0.3 is 0 Å². The molecule has 2 nitrogen and oxygen atoms in total. The topological polar surface area (TPSA) is 15.6 Å². The van der Waals surface area contributed by atoms with Gasteiger partial charge in [0.1, 0.15) is 0 Å². The summed E-state index contributed by atoms with van der Waals surface area (Å²) in [5.41, 5.74) is 5.89. The minimum atomic E-state index is 0.819. The number of nitrogens with zero attached hydrogens (tertiary/aromatic N) is 2. The van der Waals surface area contributed by atoms with E-state index in [9.17, 15) is 0 Å². The quantitative estimate of drug-likeness (QED) is 0.550. The first-order valence-corrected chi connectivity index (χ1v) is 7.97. The molecule has 0 heterocycles. The van der Waals surface area contributed by atoms with Crippen LogP contribution in [-0.4, -0.2) is 24.8 Å². The third kappa shape index (κ3) is 4.11. The van der Waals surface area contributed by atoms with Crippen LogP contribution in [0.2, 0.25) is 5.02 Å². The smallest absolute Gasteiger partial charge is 0.0909 e. The van der Waals surface area contributed by atoms with Crippen molar-refractivity contribution in [3.63, 3.8) is 0 Å². The Morgan fingerprint density at radius 3 is 2.55 bits per heavy atom. The first-order valence-electron chi connectivity index (χ1n) is 7.59. The van der Waals surface area contributed by atoms with Crippen molar-refractivity contribution < 1.29 is 0 Å². The van der Waals surface area contributed by atoms with Crippen LogP contribution in [0.5, 0.6) is 0 Å². The van der Waals surface area contributed by atoms with Gasteiger partial charge in [-0.2, -0.15) is 0 Å². The SMILES string of the molecule is CCN(C)C=Nc1cc(C)cc(Cc2ccccc2Cl)c1C. The van der Waals surface area contributed by atoms with E-state index in [1.807, 2.05) is 31.6 Å². The maximum atomic E-state index is 6.29. The second-order valence-electron chi connectivity index (χ2n) is 5.65. The summed E-state index contributed by atoms with van der Waals surface area (Å²) in [6.45, 7) is 7.29. The Morgan fingerprint density at radius 1 is 1.14 bits per heavy atom. The van der Waals surface area contributed by atoms with Gasteiger partial charge in [0.15, 0.2) is 0 Å². The maximum Gasteiger partial charge on any atom is 0.0909 e. The monoisotopic (exact) mass is 314 g/mol. The molecule has 3 heteroatoms. The number of hydrogen-bond acceptors (Lipinski definition) is 1. The molecule has 0 fully saturated rings. The summed E-state index contributed by atoms with van der Waals surface area (Å²) in [4.78, 5) is 6.70. The van der Waals surface area contributed by atoms with Gasteiger partial charge in [0.25, 0.3) is 0 Å². The third-order valence-corrected chi connectivity index (χ3v) is 4.23. The van der Waals surface area contributed by atoms with Crippen LogP contribution >= 0.6 is 11.6 Å². The molecule has 0 radical (unpaired) electrons. The minimum absolute atomic E-state index is 0.819. The number of aliphatic imine (C=N–C) groups is 1. The molecule has 22 heavy (non-hydrogen) atoms. The highest BCUT2D eigenvalue weighted by atomic mass is 35.5. The van der Waals surface area contributed by atoms with Gasteiger partial charge in [-0.05, 0) is 61.6 Å². The lowest BCUT2D eigenvalue weighted by atomic mass is 9.97. The van der Waals surface area contributed by atoms with E-state index in [-0.39, 0.29) is 0 Å². The molecule has 0 aliphatic heterocycles. The zero-order chi connectivity index (χ0) is 16.1. The molecule has 0 saturated carbocycles. The summed E-state index contributed by atoms with van der Waals surface area (Å²) in [6.07, 6.45) is 2.72. The fraction of sp³-hybridized carbons (Fsp3) is 0.316. The minimum Gasteiger partial charge on any atom is -0.366 e. The Labute approximate surface area is 138 Å². The average Bonchev–Trinajstić information content (AvgIpc) is 2.50. The van der Waals surface area contributed by atoms with E-state index in [4.69, 9.17) is 11.6 Å². The first-order chi connectivity index (χ1) is 10.5. The largest absolute Gasteiger partial charge is 0.366 e. The molecule has 0 bridgehead atoms. The van der Waals surface area contributed by atoms with Gasteiger partial charge in [0.05, 0.1) is 12.0 Å². The molecule has 0 unspecified atom stereocenters. The molecule has 0 atom stereocenters. The fourth-order valence-corrected chi connectivity index (χ4v) is 2.52. The van der Waals surface area contributed by atoms with Crippen LogP contribution in [0.25, 0.3) is 0 Å². The Bertz CT molecular complexity index is 677. The van der Waals surface area contributed by atoms with Gasteiger partial charge in [-0.1, -0.05) is 35.9 Å². The van der Waals surface area contributed by atoms with Crippen LogP contribution in [0.15, 0.2) is 41.4 Å². The van der Waals surface area contributed by atoms with E-state index >= 15 is 0 Å². The Balaban J connectivity index is 2.35. The zero-order valence-electron chi connectivity index (χ0n) is 13.7. The van der Waals surface area contributed by atoms with Gasteiger partial charge < -0.3 is 4.90 Å². The lowest BCUT2D eigenvalue weighted by Crippen LogP contribution is -2.14. The highest BCUT2D eigenvalue weighted by molar-refractivity contribution is 6.31. The second-order valence-corrected chi connectivity index (χ2v) is 6.06. The zero-order valence-corrected chi connectivity index (χ0v) is 14.5. The van der Waals surface area contributed by atoms with Gasteiger partial charge in [-0.25, -0.2) is 4.99 Å². The van der Waals surface area contributed by atoms with Crippen molar-refractivity contribution in [2.75, 3.05) is 13.6 Å². The predicted octanol–water partition coefficient (Wildman–Crippen LogP) is 5.16. The summed E-state index contributed by atoms with van der Waals surface area (Å²) in [5, 5.41) is 0.819. The molecular formula is C19H23ClN2. The van der Waals surface area contributed by atoms with Crippen LogP contribution in [-0.2, 0) is 6.42 Å². The molecule has 116 valence electrons. The first kappa shape index (κ1) is 16.6. The molecule has 0 spiro atoms. The fourth-order valence-electron chi connectivity index (χ4n) is 2.32. The molecule has 2 rings (SSSR count). The molecule has 0 aromatic heterocycles. The van der Waals surface area contributed by atoms with Crippen molar-refractivity contribution >= 4 is 23.6 Å². The van der Waals surface area contributed by atoms with E-state index in [0.717, 1.165) is 29.2 Å². The average molecular weight is 315 g/mol. The van der Waals surface area contributed by atoms with Gasteiger partial charge in [-0.15, -0.1) is 0 Å². The number of hydrogen-bond donors (Lipinski definition) is 0. The normalized spacial score (nSPS) is 11.1. The maximum absolute atomic E-state index is 6.29. The molecule has 2 aromatic rings. The Hall–Kier alpha value is -1.80. The van der Waals surface area contributed by atoms with Crippen molar-refractivity contribution in [1.82, 2.24) is 4.90 Å². The van der Waals surface area contributed by atoms with E-state index in [0.29, 0.717) is 0 Å². The van der Waals surface area contributed by atoms with Crippen molar-refractivity contribution in [2.24, 2.45) is 4.99 Å². The van der Waals surface area contributed by atoms with E-state index < -0.39 is 0 Å². The van der Waals surface area contributed by atoms with E-state index in [1.165, 1.54) is 16.7 Å². The predicted molar refractivity (Wildman–Crippen MR) is 96.6 cm³/mol. The van der Waals surface area contributed by atoms with Crippen molar-refractivity contribution in [3.05, 3.63) is 63.7 Å². The van der Waals surface area contributed by atoms with Gasteiger partial charge in [0.2, 0.25) is 0 Å². The highest BCUT2D eigenvalue weighted by Crippen LogP contribution is 2.28. The van der Waals surface area contributed by atoms with Crippen LogP contribution in [0.4, 0.5) is 5.69 Å². The van der Waals surface area contributed by atoms with Gasteiger partial charge in [-0.3, -0.25) is 0 Å². The Kier molecular flexibility index (Phi) is 5.62. The van der Waals surface area contributed by atoms with Crippen LogP contribution in [0, 0.1) is 13.8 Å². The third-order valence-electron chi connectivity index (χ3n) is 3.86. The lowest BCUT2D eigenvalue weighted by molar-refractivity contribution is 0.552. The molecule has 0 N–H and O–H groups in total. The summed E-state index contributed by atoms with van der Waals surface area (Å²) in [5.74, 6) is 0. The number of rotatable bonds is 5. The highest BCUT2D eigenvalue weighted by Gasteiger charge is 2.08. The molecular weight excluding hydrogens is 292 g/mol. The molecule has 0 aliphatic carbocycles.